The summed E-state index contributed by atoms with van der Waals surface area (Å²) < 4.78 is 24.9. The number of aromatic nitrogens is 2. The molecular weight excluding hydrogens is 351 g/mol. The number of carbonyl (C=O) groups is 1. The Bertz CT molecular complexity index is 994. The monoisotopic (exact) mass is 370 g/mol. The highest BCUT2D eigenvalue weighted by Crippen LogP contribution is 2.38. The molecule has 1 heterocycles. The molecule has 7 nitrogen and oxygen atoms in total. The number of nitrogens with one attached hydrogen (secondary N) is 1. The first-order chi connectivity index (χ1) is 13.1. The third kappa shape index (κ3) is 3.59. The van der Waals surface area contributed by atoms with Gasteiger partial charge in [-0.25, -0.2) is 9.18 Å². The summed E-state index contributed by atoms with van der Waals surface area (Å²) in [6.45, 7) is 2.39. The number of ether oxygens (including phenoxy) is 2. The van der Waals surface area contributed by atoms with E-state index in [1.54, 1.807) is 30.3 Å². The van der Waals surface area contributed by atoms with E-state index >= 15 is 0 Å². The quantitative estimate of drug-likeness (QED) is 0.713. The summed E-state index contributed by atoms with van der Waals surface area (Å²) in [7, 11) is 1.46. The summed E-state index contributed by atoms with van der Waals surface area (Å²) in [6.07, 6.45) is 0.103. The molecular formula is C19H19FN4O3. The van der Waals surface area contributed by atoms with Crippen LogP contribution in [0.2, 0.25) is 0 Å². The summed E-state index contributed by atoms with van der Waals surface area (Å²) in [6, 6.07) is 9.66. The average molecular weight is 370 g/mol. The van der Waals surface area contributed by atoms with Gasteiger partial charge in [-0.05, 0) is 18.6 Å². The lowest BCUT2D eigenvalue weighted by molar-refractivity contribution is 0.198. The van der Waals surface area contributed by atoms with Gasteiger partial charge in [0, 0.05) is 17.5 Å². The van der Waals surface area contributed by atoms with Crippen LogP contribution in [-0.4, -0.2) is 29.9 Å². The SMILES string of the molecule is CCCNC(=O)Oc1nnc2c(-c3c(F)cccc3OC)cccc2c1N. The lowest BCUT2D eigenvalue weighted by Crippen LogP contribution is -2.28. The Labute approximate surface area is 155 Å². The molecule has 27 heavy (non-hydrogen) atoms. The fourth-order valence-electron chi connectivity index (χ4n) is 2.70. The number of rotatable bonds is 5. The van der Waals surface area contributed by atoms with Crippen LogP contribution in [0.1, 0.15) is 13.3 Å². The summed E-state index contributed by atoms with van der Waals surface area (Å²) >= 11 is 0. The minimum absolute atomic E-state index is 0.103. The molecule has 1 amide bonds. The van der Waals surface area contributed by atoms with Gasteiger partial charge >= 0.3 is 6.09 Å². The van der Waals surface area contributed by atoms with E-state index in [0.29, 0.717) is 28.8 Å². The molecule has 3 aromatic rings. The maximum Gasteiger partial charge on any atom is 0.414 e. The Morgan fingerprint density at radius 2 is 2.00 bits per heavy atom. The largest absolute Gasteiger partial charge is 0.496 e. The van der Waals surface area contributed by atoms with E-state index in [-0.39, 0.29) is 17.1 Å². The minimum Gasteiger partial charge on any atom is -0.496 e. The van der Waals surface area contributed by atoms with Gasteiger partial charge in [-0.15, -0.1) is 10.2 Å². The Kier molecular flexibility index (Phi) is 5.35. The Hall–Kier alpha value is -3.42. The maximum absolute atomic E-state index is 14.5. The second-order valence-electron chi connectivity index (χ2n) is 5.75. The number of methoxy groups -OCH3 is 1. The van der Waals surface area contributed by atoms with Crippen molar-refractivity contribution in [2.24, 2.45) is 0 Å². The molecule has 0 aliphatic heterocycles. The molecule has 0 unspecified atom stereocenters. The van der Waals surface area contributed by atoms with E-state index in [1.165, 1.54) is 13.2 Å². The zero-order chi connectivity index (χ0) is 19.4. The van der Waals surface area contributed by atoms with E-state index in [0.717, 1.165) is 6.42 Å². The first-order valence-electron chi connectivity index (χ1n) is 8.40. The summed E-state index contributed by atoms with van der Waals surface area (Å²) in [4.78, 5) is 11.8. The molecule has 3 N–H and O–H groups in total. The van der Waals surface area contributed by atoms with Crippen LogP contribution in [0.25, 0.3) is 22.0 Å². The van der Waals surface area contributed by atoms with Crippen molar-refractivity contribution in [2.45, 2.75) is 13.3 Å². The van der Waals surface area contributed by atoms with Crippen molar-refractivity contribution in [3.63, 3.8) is 0 Å². The van der Waals surface area contributed by atoms with Crippen molar-refractivity contribution in [2.75, 3.05) is 19.4 Å². The van der Waals surface area contributed by atoms with Crippen molar-refractivity contribution in [1.29, 1.82) is 0 Å². The van der Waals surface area contributed by atoms with Gasteiger partial charge in [0.25, 0.3) is 5.88 Å². The number of nitrogens with zero attached hydrogens (tertiary/aromatic N) is 2. The molecule has 3 rings (SSSR count). The highest BCUT2D eigenvalue weighted by Gasteiger charge is 2.19. The number of hydrogen-bond acceptors (Lipinski definition) is 6. The third-order valence-electron chi connectivity index (χ3n) is 3.97. The van der Waals surface area contributed by atoms with Crippen LogP contribution in [0.5, 0.6) is 11.6 Å². The molecule has 0 aliphatic rings. The predicted molar refractivity (Wildman–Crippen MR) is 100 cm³/mol. The number of hydrogen-bond donors (Lipinski definition) is 2. The minimum atomic E-state index is -0.663. The lowest BCUT2D eigenvalue weighted by atomic mass is 10.0. The summed E-state index contributed by atoms with van der Waals surface area (Å²) in [5.41, 5.74) is 7.37. The Balaban J connectivity index is 2.09. The standard InChI is InChI=1S/C19H19FN4O3/c1-3-10-22-19(25)27-18-16(21)12-7-4-6-11(17(12)23-24-18)15-13(20)8-5-9-14(15)26-2/h4-9H,3,10H2,1-2H3,(H2,21,23)(H,22,25). The fraction of sp³-hybridized carbons (Fsp3) is 0.211. The van der Waals surface area contributed by atoms with Gasteiger partial charge in [0.05, 0.1) is 12.7 Å². The highest BCUT2D eigenvalue weighted by molar-refractivity contribution is 6.01. The van der Waals surface area contributed by atoms with E-state index in [2.05, 4.69) is 15.5 Å². The van der Waals surface area contributed by atoms with Crippen LogP contribution >= 0.6 is 0 Å². The second-order valence-corrected chi connectivity index (χ2v) is 5.75. The Morgan fingerprint density at radius 1 is 1.22 bits per heavy atom. The first kappa shape index (κ1) is 18.4. The number of fused-ring (bicyclic) bond motifs is 1. The lowest BCUT2D eigenvalue weighted by Gasteiger charge is -2.13. The number of halogens is 1. The van der Waals surface area contributed by atoms with Crippen molar-refractivity contribution in [1.82, 2.24) is 15.5 Å². The second kappa shape index (κ2) is 7.86. The third-order valence-corrected chi connectivity index (χ3v) is 3.97. The molecule has 0 aliphatic carbocycles. The van der Waals surface area contributed by atoms with Crippen molar-refractivity contribution < 1.29 is 18.7 Å². The summed E-state index contributed by atoms with van der Waals surface area (Å²) in [5, 5.41) is 11.1. The van der Waals surface area contributed by atoms with Gasteiger partial charge < -0.3 is 20.5 Å². The predicted octanol–water partition coefficient (Wildman–Crippen LogP) is 3.53. The molecule has 2 aromatic carbocycles. The van der Waals surface area contributed by atoms with Gasteiger partial charge in [0.1, 0.15) is 22.8 Å². The van der Waals surface area contributed by atoms with E-state index in [9.17, 15) is 9.18 Å². The molecule has 1 aromatic heterocycles. The van der Waals surface area contributed by atoms with Crippen molar-refractivity contribution in [3.05, 3.63) is 42.2 Å². The number of amides is 1. The average Bonchev–Trinajstić information content (AvgIpc) is 2.68. The summed E-state index contributed by atoms with van der Waals surface area (Å²) in [5.74, 6) is -0.197. The van der Waals surface area contributed by atoms with Gasteiger partial charge in [-0.3, -0.25) is 0 Å². The maximum atomic E-state index is 14.5. The number of benzene rings is 2. The van der Waals surface area contributed by atoms with Crippen LogP contribution in [0.4, 0.5) is 14.9 Å². The van der Waals surface area contributed by atoms with Crippen LogP contribution in [0.15, 0.2) is 36.4 Å². The molecule has 0 spiro atoms. The molecule has 140 valence electrons. The topological polar surface area (TPSA) is 99.4 Å². The number of anilines is 1. The van der Waals surface area contributed by atoms with Crippen molar-refractivity contribution >= 4 is 22.7 Å². The zero-order valence-corrected chi connectivity index (χ0v) is 15.0. The van der Waals surface area contributed by atoms with Gasteiger partial charge in [-0.1, -0.05) is 31.2 Å². The highest BCUT2D eigenvalue weighted by atomic mass is 19.1. The van der Waals surface area contributed by atoms with Gasteiger partial charge in [0.2, 0.25) is 0 Å². The molecule has 0 radical (unpaired) electrons. The van der Waals surface area contributed by atoms with Crippen LogP contribution in [-0.2, 0) is 0 Å². The van der Waals surface area contributed by atoms with Gasteiger partial charge in [0.15, 0.2) is 0 Å². The fourth-order valence-corrected chi connectivity index (χ4v) is 2.70. The molecule has 0 bridgehead atoms. The first-order valence-corrected chi connectivity index (χ1v) is 8.40. The normalized spacial score (nSPS) is 10.6. The molecule has 0 saturated heterocycles. The van der Waals surface area contributed by atoms with Crippen LogP contribution in [0.3, 0.4) is 0 Å². The van der Waals surface area contributed by atoms with E-state index in [4.69, 9.17) is 15.2 Å². The molecule has 8 heteroatoms. The Morgan fingerprint density at radius 3 is 2.74 bits per heavy atom. The van der Waals surface area contributed by atoms with Gasteiger partial charge in [-0.2, -0.15) is 0 Å². The van der Waals surface area contributed by atoms with Crippen molar-refractivity contribution in [3.8, 4) is 22.8 Å². The number of nitrogen functional groups attached to an aromatic ring is 1. The smallest absolute Gasteiger partial charge is 0.414 e. The molecule has 0 atom stereocenters. The molecule has 0 saturated carbocycles. The molecule has 0 fully saturated rings. The number of carbonyl (C=O) groups excluding carboxylic acids is 1. The van der Waals surface area contributed by atoms with Crippen LogP contribution < -0.4 is 20.5 Å². The number of nitrogens with two attached hydrogens (primary N) is 1. The van der Waals surface area contributed by atoms with E-state index in [1.807, 2.05) is 6.92 Å². The zero-order valence-electron chi connectivity index (χ0n) is 15.0. The van der Waals surface area contributed by atoms with Crippen LogP contribution in [0, 0.1) is 5.82 Å². The van der Waals surface area contributed by atoms with E-state index < -0.39 is 11.9 Å².